The predicted octanol–water partition coefficient (Wildman–Crippen LogP) is 4.50. The van der Waals surface area contributed by atoms with Gasteiger partial charge in [0.2, 0.25) is 11.2 Å². The molecule has 3 aromatic carbocycles. The molecule has 0 radical (unpaired) electrons. The normalized spacial score (nSPS) is 11.9. The van der Waals surface area contributed by atoms with Gasteiger partial charge >= 0.3 is 0 Å². The molecule has 28 heavy (non-hydrogen) atoms. The molecule has 0 spiro atoms. The Hall–Kier alpha value is -3.35. The third-order valence-electron chi connectivity index (χ3n) is 5.24. The van der Waals surface area contributed by atoms with Gasteiger partial charge in [-0.15, -0.1) is 0 Å². The van der Waals surface area contributed by atoms with E-state index in [1.807, 2.05) is 32.3 Å². The predicted molar refractivity (Wildman–Crippen MR) is 114 cm³/mol. The van der Waals surface area contributed by atoms with Gasteiger partial charge in [0.25, 0.3) is 0 Å². The van der Waals surface area contributed by atoms with Crippen LogP contribution in [0, 0.1) is 11.8 Å². The summed E-state index contributed by atoms with van der Waals surface area (Å²) in [6, 6.07) is 21.0. The number of pyridine rings is 1. The van der Waals surface area contributed by atoms with E-state index in [1.165, 1.54) is 22.0 Å². The molecule has 1 aliphatic heterocycles. The van der Waals surface area contributed by atoms with Crippen molar-refractivity contribution in [3.63, 3.8) is 0 Å². The van der Waals surface area contributed by atoms with E-state index in [9.17, 15) is 0 Å². The lowest BCUT2D eigenvalue weighted by Gasteiger charge is -2.20. The Morgan fingerprint density at radius 2 is 1.75 bits per heavy atom. The Kier molecular flexibility index (Phi) is 3.82. The molecular formula is C25H21N2O+. The second-order valence-electron chi connectivity index (χ2n) is 7.46. The first-order chi connectivity index (χ1) is 13.6. The van der Waals surface area contributed by atoms with E-state index >= 15 is 0 Å². The number of rotatable bonds is 1. The van der Waals surface area contributed by atoms with Crippen LogP contribution in [0.25, 0.3) is 32.9 Å². The zero-order chi connectivity index (χ0) is 19.3. The van der Waals surface area contributed by atoms with Crippen molar-refractivity contribution in [2.45, 2.75) is 0 Å². The molecule has 1 aromatic heterocycles. The quantitative estimate of drug-likeness (QED) is 0.247. The van der Waals surface area contributed by atoms with E-state index in [0.29, 0.717) is 0 Å². The Bertz CT molecular complexity index is 1310. The van der Waals surface area contributed by atoms with Crippen molar-refractivity contribution in [3.8, 4) is 34.6 Å². The summed E-state index contributed by atoms with van der Waals surface area (Å²) in [6.45, 7) is 0.750. The van der Waals surface area contributed by atoms with Gasteiger partial charge in [-0.1, -0.05) is 36.1 Å². The molecule has 1 aliphatic rings. The van der Waals surface area contributed by atoms with E-state index in [1.54, 1.807) is 0 Å². The number of para-hydroxylation sites is 1. The number of hydrogen-bond acceptors (Lipinski definition) is 2. The van der Waals surface area contributed by atoms with Crippen LogP contribution in [0.1, 0.15) is 5.56 Å². The first kappa shape index (κ1) is 16.8. The van der Waals surface area contributed by atoms with Crippen LogP contribution in [0.2, 0.25) is 0 Å². The Morgan fingerprint density at radius 3 is 2.61 bits per heavy atom. The van der Waals surface area contributed by atoms with E-state index in [4.69, 9.17) is 4.74 Å². The molecule has 0 saturated heterocycles. The molecule has 3 heteroatoms. The highest BCUT2D eigenvalue weighted by atomic mass is 16.5. The van der Waals surface area contributed by atoms with Crippen LogP contribution in [0.4, 0.5) is 0 Å². The Morgan fingerprint density at radius 1 is 0.929 bits per heavy atom. The van der Waals surface area contributed by atoms with Crippen molar-refractivity contribution in [2.24, 2.45) is 7.05 Å². The zero-order valence-electron chi connectivity index (χ0n) is 16.3. The summed E-state index contributed by atoms with van der Waals surface area (Å²) >= 11 is 0. The van der Waals surface area contributed by atoms with Gasteiger partial charge in [-0.3, -0.25) is 4.90 Å². The molecule has 0 bridgehead atoms. The highest BCUT2D eigenvalue weighted by Crippen LogP contribution is 2.46. The van der Waals surface area contributed by atoms with Gasteiger partial charge in [0, 0.05) is 17.0 Å². The van der Waals surface area contributed by atoms with Crippen molar-refractivity contribution < 1.29 is 9.30 Å². The smallest absolute Gasteiger partial charge is 0.228 e. The summed E-state index contributed by atoms with van der Waals surface area (Å²) in [7, 11) is 6.19. The average molecular weight is 365 g/mol. The molecule has 0 atom stereocenters. The third kappa shape index (κ3) is 2.54. The van der Waals surface area contributed by atoms with Crippen LogP contribution in [-0.4, -0.2) is 25.5 Å². The molecule has 0 N–H and O–H groups in total. The van der Waals surface area contributed by atoms with Crippen LogP contribution < -0.4 is 9.30 Å². The monoisotopic (exact) mass is 365 g/mol. The summed E-state index contributed by atoms with van der Waals surface area (Å²) < 4.78 is 8.51. The molecule has 0 unspecified atom stereocenters. The lowest BCUT2D eigenvalue weighted by Crippen LogP contribution is -2.33. The Labute approximate surface area is 164 Å². The van der Waals surface area contributed by atoms with E-state index in [2.05, 4.69) is 70.8 Å². The fourth-order valence-corrected chi connectivity index (χ4v) is 3.98. The lowest BCUT2D eigenvalue weighted by atomic mass is 9.95. The molecule has 3 nitrogen and oxygen atoms in total. The Balaban J connectivity index is 1.83. The lowest BCUT2D eigenvalue weighted by molar-refractivity contribution is -0.632. The van der Waals surface area contributed by atoms with Crippen LogP contribution in [0.15, 0.2) is 60.7 Å². The number of ether oxygens (including phenoxy) is 1. The summed E-state index contributed by atoms with van der Waals surface area (Å²) in [5.74, 6) is 8.34. The van der Waals surface area contributed by atoms with Gasteiger partial charge < -0.3 is 4.74 Å². The highest BCUT2D eigenvalue weighted by Gasteiger charge is 2.29. The molecule has 2 heterocycles. The number of nitrogens with zero attached hydrogens (tertiary/aromatic N) is 2. The minimum absolute atomic E-state index is 0.750. The largest absolute Gasteiger partial charge is 0.456 e. The molecule has 5 rings (SSSR count). The van der Waals surface area contributed by atoms with Crippen molar-refractivity contribution in [2.75, 3.05) is 20.6 Å². The van der Waals surface area contributed by atoms with E-state index < -0.39 is 0 Å². The van der Waals surface area contributed by atoms with Gasteiger partial charge in [0.05, 0.1) is 22.9 Å². The maximum absolute atomic E-state index is 6.23. The van der Waals surface area contributed by atoms with Gasteiger partial charge in [0.15, 0.2) is 0 Å². The fourth-order valence-electron chi connectivity index (χ4n) is 3.98. The van der Waals surface area contributed by atoms with Crippen molar-refractivity contribution in [1.82, 2.24) is 4.90 Å². The summed E-state index contributed by atoms with van der Waals surface area (Å²) in [5.41, 5.74) is 4.55. The van der Waals surface area contributed by atoms with Crippen molar-refractivity contribution in [3.05, 3.63) is 66.2 Å². The molecule has 0 amide bonds. The van der Waals surface area contributed by atoms with Crippen LogP contribution in [0.3, 0.4) is 0 Å². The number of aromatic nitrogens is 1. The molecule has 136 valence electrons. The summed E-state index contributed by atoms with van der Waals surface area (Å²) in [5, 5.41) is 3.56. The molecule has 4 aromatic rings. The first-order valence-corrected chi connectivity index (χ1v) is 9.43. The first-order valence-electron chi connectivity index (χ1n) is 9.43. The third-order valence-corrected chi connectivity index (χ3v) is 5.24. The van der Waals surface area contributed by atoms with Gasteiger partial charge in [-0.05, 0) is 44.4 Å². The summed E-state index contributed by atoms with van der Waals surface area (Å²) in [6.07, 6.45) is 0. The van der Waals surface area contributed by atoms with E-state index in [-0.39, 0.29) is 0 Å². The highest BCUT2D eigenvalue weighted by molar-refractivity contribution is 6.12. The maximum atomic E-state index is 6.23. The van der Waals surface area contributed by atoms with Gasteiger partial charge in [-0.25, -0.2) is 0 Å². The fraction of sp³-hybridized carbons (Fsp3) is 0.160. The average Bonchev–Trinajstić information content (AvgIpc) is 2.70. The van der Waals surface area contributed by atoms with Crippen LogP contribution in [0.5, 0.6) is 11.5 Å². The zero-order valence-corrected chi connectivity index (χ0v) is 16.3. The van der Waals surface area contributed by atoms with Crippen LogP contribution >= 0.6 is 0 Å². The standard InChI is InChI=1S/C25H21N2O/c1-26(2)15-7-8-17-13-14-21-20(16-17)18-10-6-12-23-24(18)25(27(21)3)19-9-4-5-11-22(19)28-23/h4-6,9-14,16H,15H2,1-3H3/q+1. The van der Waals surface area contributed by atoms with Crippen LogP contribution in [-0.2, 0) is 7.05 Å². The number of aryl methyl sites for hydroxylation is 1. The second kappa shape index (κ2) is 6.37. The van der Waals surface area contributed by atoms with Crippen molar-refractivity contribution >= 4 is 21.7 Å². The van der Waals surface area contributed by atoms with Gasteiger partial charge in [-0.2, -0.15) is 4.57 Å². The summed E-state index contributed by atoms with van der Waals surface area (Å²) in [4.78, 5) is 2.07. The molecule has 0 aliphatic carbocycles. The number of benzene rings is 3. The maximum Gasteiger partial charge on any atom is 0.228 e. The molecule has 0 fully saturated rings. The van der Waals surface area contributed by atoms with E-state index in [0.717, 1.165) is 34.6 Å². The molecular weight excluding hydrogens is 344 g/mol. The molecule has 0 saturated carbocycles. The SMILES string of the molecule is CN(C)CC#Cc1ccc2c(c1)c1cccc3c1c([n+]2C)-c1ccccc1O3. The second-order valence-corrected chi connectivity index (χ2v) is 7.46. The van der Waals surface area contributed by atoms with Crippen molar-refractivity contribution in [1.29, 1.82) is 0 Å². The topological polar surface area (TPSA) is 16.4 Å². The minimum atomic E-state index is 0.750. The minimum Gasteiger partial charge on any atom is -0.456 e. The number of fused-ring (bicyclic) bond motifs is 4. The number of hydrogen-bond donors (Lipinski definition) is 0. The van der Waals surface area contributed by atoms with Gasteiger partial charge in [0.1, 0.15) is 18.5 Å².